The predicted octanol–water partition coefficient (Wildman–Crippen LogP) is 2.59. The van der Waals surface area contributed by atoms with Crippen LogP contribution in [0.3, 0.4) is 0 Å². The van der Waals surface area contributed by atoms with Crippen molar-refractivity contribution in [3.8, 4) is 11.8 Å². The Morgan fingerprint density at radius 3 is 2.50 bits per heavy atom. The van der Waals surface area contributed by atoms with Gasteiger partial charge in [-0.3, -0.25) is 0 Å². The Labute approximate surface area is 141 Å². The Morgan fingerprint density at radius 1 is 1.29 bits per heavy atom. The highest BCUT2D eigenvalue weighted by Gasteiger charge is 2.19. The van der Waals surface area contributed by atoms with Crippen molar-refractivity contribution >= 4 is 12.1 Å². The van der Waals surface area contributed by atoms with Gasteiger partial charge in [-0.25, -0.2) is 9.59 Å². The predicted molar refractivity (Wildman–Crippen MR) is 86.9 cm³/mol. The Balaban J connectivity index is 2.63. The minimum absolute atomic E-state index is 0.183. The fourth-order valence-electron chi connectivity index (χ4n) is 1.71. The largest absolute Gasteiger partial charge is 0.490 e. The zero-order chi connectivity index (χ0) is 18.3. The number of esters is 1. The van der Waals surface area contributed by atoms with Crippen LogP contribution in [0.25, 0.3) is 0 Å². The van der Waals surface area contributed by atoms with Crippen LogP contribution in [0.15, 0.2) is 18.2 Å². The standard InChI is InChI=1S/C17H22N2O5/c1-17(2,3)24-16(21)19(4)8-9-23-14-7-6-12(15(20)22-5)10-13(14)11-18/h6-7,10H,8-9H2,1-5H3. The van der Waals surface area contributed by atoms with Gasteiger partial charge < -0.3 is 19.1 Å². The molecule has 0 unspecified atom stereocenters. The second kappa shape index (κ2) is 8.20. The molecule has 0 heterocycles. The van der Waals surface area contributed by atoms with Crippen molar-refractivity contribution in [1.82, 2.24) is 4.90 Å². The van der Waals surface area contributed by atoms with E-state index in [1.165, 1.54) is 30.2 Å². The molecule has 1 aromatic rings. The van der Waals surface area contributed by atoms with Gasteiger partial charge in [0.15, 0.2) is 0 Å². The quantitative estimate of drug-likeness (QED) is 0.769. The molecule has 0 atom stereocenters. The molecule has 0 N–H and O–H groups in total. The van der Waals surface area contributed by atoms with E-state index in [4.69, 9.17) is 14.7 Å². The molecule has 0 radical (unpaired) electrons. The van der Waals surface area contributed by atoms with E-state index in [0.717, 1.165) is 0 Å². The van der Waals surface area contributed by atoms with Crippen LogP contribution in [-0.2, 0) is 9.47 Å². The number of ether oxygens (including phenoxy) is 3. The summed E-state index contributed by atoms with van der Waals surface area (Å²) in [5, 5.41) is 9.16. The SMILES string of the molecule is COC(=O)c1ccc(OCCN(C)C(=O)OC(C)(C)C)c(C#N)c1. The number of likely N-dealkylation sites (N-methyl/N-ethyl adjacent to an activating group) is 1. The number of nitrogens with zero attached hydrogens (tertiary/aromatic N) is 2. The number of hydrogen-bond donors (Lipinski definition) is 0. The van der Waals surface area contributed by atoms with Gasteiger partial charge in [0.25, 0.3) is 0 Å². The molecule has 0 aromatic heterocycles. The summed E-state index contributed by atoms with van der Waals surface area (Å²) in [5.74, 6) is -0.189. The van der Waals surface area contributed by atoms with E-state index in [-0.39, 0.29) is 17.7 Å². The van der Waals surface area contributed by atoms with E-state index in [2.05, 4.69) is 4.74 Å². The number of benzene rings is 1. The monoisotopic (exact) mass is 334 g/mol. The first kappa shape index (κ1) is 19.3. The van der Waals surface area contributed by atoms with Crippen LogP contribution in [0.5, 0.6) is 5.75 Å². The summed E-state index contributed by atoms with van der Waals surface area (Å²) in [7, 11) is 2.87. The zero-order valence-corrected chi connectivity index (χ0v) is 14.6. The van der Waals surface area contributed by atoms with Crippen molar-refractivity contribution in [1.29, 1.82) is 5.26 Å². The number of carbonyl (C=O) groups excluding carboxylic acids is 2. The summed E-state index contributed by atoms with van der Waals surface area (Å²) in [6.07, 6.45) is -0.451. The number of rotatable bonds is 5. The molecule has 0 fully saturated rings. The minimum Gasteiger partial charge on any atom is -0.490 e. The van der Waals surface area contributed by atoms with Gasteiger partial charge >= 0.3 is 12.1 Å². The fraction of sp³-hybridized carbons (Fsp3) is 0.471. The van der Waals surface area contributed by atoms with Gasteiger partial charge in [0.2, 0.25) is 0 Å². The van der Waals surface area contributed by atoms with E-state index < -0.39 is 17.7 Å². The van der Waals surface area contributed by atoms with Crippen molar-refractivity contribution in [2.75, 3.05) is 27.3 Å². The second-order valence-corrected chi connectivity index (χ2v) is 6.06. The van der Waals surface area contributed by atoms with Crippen molar-refractivity contribution in [3.05, 3.63) is 29.3 Å². The number of carbonyl (C=O) groups is 2. The lowest BCUT2D eigenvalue weighted by molar-refractivity contribution is 0.0278. The van der Waals surface area contributed by atoms with Crippen LogP contribution in [0.2, 0.25) is 0 Å². The normalized spacial score (nSPS) is 10.5. The topological polar surface area (TPSA) is 88.9 Å². The maximum absolute atomic E-state index is 11.8. The molecule has 7 nitrogen and oxygen atoms in total. The lowest BCUT2D eigenvalue weighted by Gasteiger charge is -2.24. The van der Waals surface area contributed by atoms with Crippen LogP contribution in [0.1, 0.15) is 36.7 Å². The molecule has 0 spiro atoms. The van der Waals surface area contributed by atoms with Gasteiger partial charge in [-0.2, -0.15) is 5.26 Å². The first-order valence-corrected chi connectivity index (χ1v) is 7.37. The Hall–Kier alpha value is -2.75. The molecular formula is C17H22N2O5. The highest BCUT2D eigenvalue weighted by Crippen LogP contribution is 2.20. The fourth-order valence-corrected chi connectivity index (χ4v) is 1.71. The number of hydrogen-bond acceptors (Lipinski definition) is 6. The van der Waals surface area contributed by atoms with Crippen molar-refractivity contribution < 1.29 is 23.8 Å². The van der Waals surface area contributed by atoms with E-state index in [1.54, 1.807) is 27.8 Å². The van der Waals surface area contributed by atoms with Crippen molar-refractivity contribution in [3.63, 3.8) is 0 Å². The van der Waals surface area contributed by atoms with E-state index in [9.17, 15) is 9.59 Å². The number of amides is 1. The third-order valence-electron chi connectivity index (χ3n) is 2.91. The smallest absolute Gasteiger partial charge is 0.410 e. The van der Waals surface area contributed by atoms with Crippen molar-refractivity contribution in [2.24, 2.45) is 0 Å². The summed E-state index contributed by atoms with van der Waals surface area (Å²) in [6, 6.07) is 6.41. The maximum atomic E-state index is 11.8. The third-order valence-corrected chi connectivity index (χ3v) is 2.91. The van der Waals surface area contributed by atoms with Crippen LogP contribution < -0.4 is 4.74 Å². The van der Waals surface area contributed by atoms with Crippen LogP contribution in [0.4, 0.5) is 4.79 Å². The molecular weight excluding hydrogens is 312 g/mol. The molecule has 0 bridgehead atoms. The molecule has 0 aliphatic heterocycles. The lowest BCUT2D eigenvalue weighted by Crippen LogP contribution is -2.36. The molecule has 0 saturated heterocycles. The molecule has 7 heteroatoms. The molecule has 0 aliphatic rings. The van der Waals surface area contributed by atoms with E-state index in [0.29, 0.717) is 12.3 Å². The van der Waals surface area contributed by atoms with Gasteiger partial charge in [0.05, 0.1) is 24.8 Å². The molecule has 0 aliphatic carbocycles. The van der Waals surface area contributed by atoms with E-state index >= 15 is 0 Å². The molecule has 24 heavy (non-hydrogen) atoms. The first-order valence-electron chi connectivity index (χ1n) is 7.37. The molecule has 1 rings (SSSR count). The molecule has 1 amide bonds. The van der Waals surface area contributed by atoms with Crippen LogP contribution in [0, 0.1) is 11.3 Å². The molecule has 1 aromatic carbocycles. The van der Waals surface area contributed by atoms with Gasteiger partial charge in [-0.05, 0) is 39.0 Å². The Kier molecular flexibility index (Phi) is 6.59. The zero-order valence-electron chi connectivity index (χ0n) is 14.6. The maximum Gasteiger partial charge on any atom is 0.410 e. The summed E-state index contributed by atoms with van der Waals surface area (Å²) in [6.45, 7) is 5.84. The summed E-state index contributed by atoms with van der Waals surface area (Å²) >= 11 is 0. The van der Waals surface area contributed by atoms with Gasteiger partial charge in [-0.1, -0.05) is 0 Å². The van der Waals surface area contributed by atoms with Gasteiger partial charge in [0.1, 0.15) is 24.0 Å². The average Bonchev–Trinajstić information content (AvgIpc) is 2.52. The molecule has 130 valence electrons. The third kappa shape index (κ3) is 5.80. The summed E-state index contributed by atoms with van der Waals surface area (Å²) in [4.78, 5) is 24.7. The van der Waals surface area contributed by atoms with Gasteiger partial charge in [0, 0.05) is 7.05 Å². The Bertz CT molecular complexity index is 643. The Morgan fingerprint density at radius 2 is 1.96 bits per heavy atom. The van der Waals surface area contributed by atoms with Crippen LogP contribution >= 0.6 is 0 Å². The first-order chi connectivity index (χ1) is 11.2. The number of nitriles is 1. The van der Waals surface area contributed by atoms with Crippen molar-refractivity contribution in [2.45, 2.75) is 26.4 Å². The highest BCUT2D eigenvalue weighted by molar-refractivity contribution is 5.90. The van der Waals surface area contributed by atoms with Crippen LogP contribution in [-0.4, -0.2) is 49.9 Å². The lowest BCUT2D eigenvalue weighted by atomic mass is 10.1. The molecule has 0 saturated carbocycles. The highest BCUT2D eigenvalue weighted by atomic mass is 16.6. The second-order valence-electron chi connectivity index (χ2n) is 6.06. The summed E-state index contributed by atoms with van der Waals surface area (Å²) < 4.78 is 15.4. The average molecular weight is 334 g/mol. The number of methoxy groups -OCH3 is 1. The van der Waals surface area contributed by atoms with Gasteiger partial charge in [-0.15, -0.1) is 0 Å². The summed E-state index contributed by atoms with van der Waals surface area (Å²) in [5.41, 5.74) is -0.0748. The van der Waals surface area contributed by atoms with E-state index in [1.807, 2.05) is 6.07 Å². The minimum atomic E-state index is -0.566.